The lowest BCUT2D eigenvalue weighted by molar-refractivity contribution is -0.138. The summed E-state index contributed by atoms with van der Waals surface area (Å²) >= 11 is 1.22. The summed E-state index contributed by atoms with van der Waals surface area (Å²) in [6.45, 7) is 0.415. The summed E-state index contributed by atoms with van der Waals surface area (Å²) in [6, 6.07) is 2.18. The van der Waals surface area contributed by atoms with Gasteiger partial charge >= 0.3 is 5.97 Å². The fourth-order valence-electron chi connectivity index (χ4n) is 1.71. The minimum Gasteiger partial charge on any atom is -0.480 e. The quantitative estimate of drug-likeness (QED) is 0.760. The number of aliphatic carboxylic acids is 1. The van der Waals surface area contributed by atoms with Gasteiger partial charge in [-0.15, -0.1) is 11.3 Å². The Bertz CT molecular complexity index is 628. The van der Waals surface area contributed by atoms with Gasteiger partial charge in [0.05, 0.1) is 5.69 Å². The molecule has 1 unspecified atom stereocenters. The minimum absolute atomic E-state index is 0.270. The summed E-state index contributed by atoms with van der Waals surface area (Å²) in [7, 11) is 0. The van der Waals surface area contributed by atoms with Crippen LogP contribution in [0.25, 0.3) is 0 Å². The summed E-state index contributed by atoms with van der Waals surface area (Å²) in [4.78, 5) is 14.8. The SMILES string of the molecule is NC(C(=O)O)c1csc(NCCc2cc(F)cc(F)c2)n1. The number of aromatic nitrogens is 1. The Hall–Kier alpha value is -2.06. The van der Waals surface area contributed by atoms with Gasteiger partial charge < -0.3 is 16.2 Å². The molecule has 2 aromatic rings. The maximum absolute atomic E-state index is 13.0. The molecule has 112 valence electrons. The molecule has 2 rings (SSSR count). The van der Waals surface area contributed by atoms with Gasteiger partial charge in [-0.2, -0.15) is 0 Å². The monoisotopic (exact) mass is 313 g/mol. The second kappa shape index (κ2) is 6.59. The highest BCUT2D eigenvalue weighted by molar-refractivity contribution is 7.13. The van der Waals surface area contributed by atoms with Crippen molar-refractivity contribution in [3.63, 3.8) is 0 Å². The molecule has 0 spiro atoms. The number of carbonyl (C=O) groups is 1. The Morgan fingerprint density at radius 1 is 1.38 bits per heavy atom. The Balaban J connectivity index is 1.90. The fourth-order valence-corrected chi connectivity index (χ4v) is 2.48. The maximum Gasteiger partial charge on any atom is 0.326 e. The molecule has 0 aliphatic heterocycles. The molecular weight excluding hydrogens is 300 g/mol. The van der Waals surface area contributed by atoms with Crippen LogP contribution in [0, 0.1) is 11.6 Å². The average molecular weight is 313 g/mol. The van der Waals surface area contributed by atoms with Gasteiger partial charge in [-0.05, 0) is 24.1 Å². The van der Waals surface area contributed by atoms with E-state index in [1.54, 1.807) is 5.38 Å². The summed E-state index contributed by atoms with van der Waals surface area (Å²) in [5.41, 5.74) is 6.23. The molecule has 0 aliphatic carbocycles. The average Bonchev–Trinajstić information content (AvgIpc) is 2.85. The van der Waals surface area contributed by atoms with Crippen LogP contribution in [0.3, 0.4) is 0 Å². The Kier molecular flexibility index (Phi) is 4.81. The molecule has 0 fully saturated rings. The predicted molar refractivity (Wildman–Crippen MR) is 75.2 cm³/mol. The van der Waals surface area contributed by atoms with E-state index < -0.39 is 23.6 Å². The number of hydrogen-bond acceptors (Lipinski definition) is 5. The number of nitrogens with zero attached hydrogens (tertiary/aromatic N) is 1. The number of hydrogen-bond donors (Lipinski definition) is 3. The van der Waals surface area contributed by atoms with E-state index in [1.165, 1.54) is 23.5 Å². The van der Waals surface area contributed by atoms with Gasteiger partial charge in [0.2, 0.25) is 0 Å². The van der Waals surface area contributed by atoms with Crippen molar-refractivity contribution in [1.29, 1.82) is 0 Å². The zero-order valence-electron chi connectivity index (χ0n) is 10.8. The first kappa shape index (κ1) is 15.3. The third kappa shape index (κ3) is 4.20. The van der Waals surface area contributed by atoms with E-state index in [-0.39, 0.29) is 5.69 Å². The zero-order chi connectivity index (χ0) is 15.4. The zero-order valence-corrected chi connectivity index (χ0v) is 11.7. The number of benzene rings is 1. The molecule has 1 heterocycles. The van der Waals surface area contributed by atoms with E-state index in [0.29, 0.717) is 23.7 Å². The molecule has 8 heteroatoms. The van der Waals surface area contributed by atoms with Crippen molar-refractivity contribution >= 4 is 22.4 Å². The second-order valence-electron chi connectivity index (χ2n) is 4.35. The van der Waals surface area contributed by atoms with Crippen molar-refractivity contribution in [2.75, 3.05) is 11.9 Å². The fraction of sp³-hybridized carbons (Fsp3) is 0.231. The van der Waals surface area contributed by atoms with Crippen molar-refractivity contribution in [2.45, 2.75) is 12.5 Å². The maximum atomic E-state index is 13.0. The van der Waals surface area contributed by atoms with Gasteiger partial charge in [0.15, 0.2) is 5.13 Å². The van der Waals surface area contributed by atoms with Crippen molar-refractivity contribution in [1.82, 2.24) is 4.98 Å². The summed E-state index contributed by atoms with van der Waals surface area (Å²) < 4.78 is 26.0. The van der Waals surface area contributed by atoms with Crippen molar-refractivity contribution in [3.8, 4) is 0 Å². The number of thiazole rings is 1. The van der Waals surface area contributed by atoms with Gasteiger partial charge in [0, 0.05) is 18.0 Å². The normalized spacial score (nSPS) is 12.1. The molecule has 0 amide bonds. The number of halogens is 2. The molecule has 0 saturated carbocycles. The molecule has 0 radical (unpaired) electrons. The standard InChI is InChI=1S/C13H13F2N3O2S/c14-8-3-7(4-9(15)5-8)1-2-17-13-18-10(6-21-13)11(16)12(19)20/h3-6,11H,1-2,16H2,(H,17,18)(H,19,20). The van der Waals surface area contributed by atoms with E-state index in [1.807, 2.05) is 0 Å². The van der Waals surface area contributed by atoms with Crippen LogP contribution in [0.1, 0.15) is 17.3 Å². The molecular formula is C13H13F2N3O2S. The molecule has 5 nitrogen and oxygen atoms in total. The van der Waals surface area contributed by atoms with Gasteiger partial charge in [0.1, 0.15) is 17.7 Å². The molecule has 21 heavy (non-hydrogen) atoms. The third-order valence-electron chi connectivity index (χ3n) is 2.72. The molecule has 4 N–H and O–H groups in total. The van der Waals surface area contributed by atoms with Crippen LogP contribution in [0.5, 0.6) is 0 Å². The Morgan fingerprint density at radius 3 is 2.67 bits per heavy atom. The van der Waals surface area contributed by atoms with Crippen LogP contribution in [-0.2, 0) is 11.2 Å². The molecule has 1 aromatic carbocycles. The summed E-state index contributed by atoms with van der Waals surface area (Å²) in [6.07, 6.45) is 0.411. The number of anilines is 1. The van der Waals surface area contributed by atoms with Gasteiger partial charge in [-0.3, -0.25) is 4.79 Å². The topological polar surface area (TPSA) is 88.2 Å². The van der Waals surface area contributed by atoms with Crippen LogP contribution in [-0.4, -0.2) is 22.6 Å². The Morgan fingerprint density at radius 2 is 2.05 bits per heavy atom. The van der Waals surface area contributed by atoms with Crippen LogP contribution in [0.2, 0.25) is 0 Å². The lowest BCUT2D eigenvalue weighted by atomic mass is 10.1. The smallest absolute Gasteiger partial charge is 0.326 e. The minimum atomic E-state index is -1.16. The molecule has 0 bridgehead atoms. The second-order valence-corrected chi connectivity index (χ2v) is 5.21. The summed E-state index contributed by atoms with van der Waals surface area (Å²) in [5.74, 6) is -2.38. The van der Waals surface area contributed by atoms with E-state index in [2.05, 4.69) is 10.3 Å². The highest BCUT2D eigenvalue weighted by atomic mass is 32.1. The van der Waals surface area contributed by atoms with E-state index in [0.717, 1.165) is 6.07 Å². The van der Waals surface area contributed by atoms with Gasteiger partial charge in [0.25, 0.3) is 0 Å². The molecule has 1 aromatic heterocycles. The van der Waals surface area contributed by atoms with Crippen molar-refractivity contribution in [3.05, 3.63) is 46.5 Å². The number of carboxylic acids is 1. The van der Waals surface area contributed by atoms with Gasteiger partial charge in [-0.25, -0.2) is 13.8 Å². The molecule has 0 saturated heterocycles. The highest BCUT2D eigenvalue weighted by Gasteiger charge is 2.17. The van der Waals surface area contributed by atoms with Crippen molar-refractivity contribution < 1.29 is 18.7 Å². The highest BCUT2D eigenvalue weighted by Crippen LogP contribution is 2.19. The van der Waals surface area contributed by atoms with Crippen molar-refractivity contribution in [2.24, 2.45) is 5.73 Å². The first-order valence-corrected chi connectivity index (χ1v) is 6.96. The number of rotatable bonds is 6. The third-order valence-corrected chi connectivity index (χ3v) is 3.54. The van der Waals surface area contributed by atoms with Crippen LogP contribution < -0.4 is 11.1 Å². The molecule has 0 aliphatic rings. The van der Waals surface area contributed by atoms with Gasteiger partial charge in [-0.1, -0.05) is 0 Å². The Labute approximate surface area is 123 Å². The van der Waals surface area contributed by atoms with Crippen LogP contribution in [0.15, 0.2) is 23.6 Å². The van der Waals surface area contributed by atoms with E-state index in [9.17, 15) is 13.6 Å². The number of nitrogens with one attached hydrogen (secondary N) is 1. The first-order valence-electron chi connectivity index (χ1n) is 6.08. The largest absolute Gasteiger partial charge is 0.480 e. The van der Waals surface area contributed by atoms with Crippen LogP contribution in [0.4, 0.5) is 13.9 Å². The molecule has 1 atom stereocenters. The first-order chi connectivity index (χ1) is 9.95. The number of nitrogens with two attached hydrogens (primary N) is 1. The van der Waals surface area contributed by atoms with E-state index >= 15 is 0 Å². The summed E-state index contributed by atoms with van der Waals surface area (Å²) in [5, 5.41) is 13.8. The van der Waals surface area contributed by atoms with Crippen LogP contribution >= 0.6 is 11.3 Å². The number of carboxylic acid groups (broad SMARTS) is 1. The lowest BCUT2D eigenvalue weighted by Gasteiger charge is -2.04. The lowest BCUT2D eigenvalue weighted by Crippen LogP contribution is -2.21. The predicted octanol–water partition coefficient (Wildman–Crippen LogP) is 2.16. The van der Waals surface area contributed by atoms with E-state index in [4.69, 9.17) is 10.8 Å².